The molecule has 0 spiro atoms. The monoisotopic (exact) mass is 221 g/mol. The number of hydrogen-bond donors (Lipinski definition) is 1. The summed E-state index contributed by atoms with van der Waals surface area (Å²) >= 11 is 6.27. The maximum Gasteiger partial charge on any atom is 0.151 e. The summed E-state index contributed by atoms with van der Waals surface area (Å²) < 4.78 is 0. The number of rotatable bonds is 2. The van der Waals surface area contributed by atoms with Gasteiger partial charge in [0.05, 0.1) is 5.69 Å². The number of pyridine rings is 1. The predicted molar refractivity (Wildman–Crippen MR) is 61.2 cm³/mol. The fraction of sp³-hybridized carbons (Fsp3) is 0. The van der Waals surface area contributed by atoms with Gasteiger partial charge in [-0.25, -0.2) is 4.98 Å². The Balaban J connectivity index is 2.39. The van der Waals surface area contributed by atoms with Crippen LogP contribution in [0.3, 0.4) is 0 Å². The Hall–Kier alpha value is -1.33. The maximum atomic E-state index is 5.46. The highest BCUT2D eigenvalue weighted by molar-refractivity contribution is 7.81. The highest BCUT2D eigenvalue weighted by Crippen LogP contribution is 2.19. The van der Waals surface area contributed by atoms with Crippen molar-refractivity contribution in [3.63, 3.8) is 0 Å². The molecule has 0 atom stereocenters. The minimum atomic E-state index is 0.331. The maximum absolute atomic E-state index is 5.46. The van der Waals surface area contributed by atoms with Crippen LogP contribution < -0.4 is 5.73 Å². The first-order valence-corrected chi connectivity index (χ1v) is 5.23. The van der Waals surface area contributed by atoms with Gasteiger partial charge in [0.2, 0.25) is 0 Å². The van der Waals surface area contributed by atoms with Crippen molar-refractivity contribution in [2.24, 2.45) is 5.73 Å². The van der Waals surface area contributed by atoms with Gasteiger partial charge in [-0.1, -0.05) is 18.3 Å². The van der Waals surface area contributed by atoms with Crippen molar-refractivity contribution in [3.8, 4) is 11.4 Å². The van der Waals surface area contributed by atoms with Gasteiger partial charge in [0, 0.05) is 11.6 Å². The molecule has 0 radical (unpaired) electrons. The molecule has 0 saturated carbocycles. The largest absolute Gasteiger partial charge is 0.387 e. The Kier molecular flexibility index (Phi) is 2.51. The second kappa shape index (κ2) is 3.81. The van der Waals surface area contributed by atoms with Crippen LogP contribution in [0.4, 0.5) is 0 Å². The Bertz CT molecular complexity index is 450. The summed E-state index contributed by atoms with van der Waals surface area (Å²) in [4.78, 5) is 8.78. The summed E-state index contributed by atoms with van der Waals surface area (Å²) in [5.41, 5.74) is 7.12. The average Bonchev–Trinajstić information content (AvgIpc) is 2.68. The first-order chi connectivity index (χ1) is 6.77. The van der Waals surface area contributed by atoms with Gasteiger partial charge in [-0.2, -0.15) is 0 Å². The molecule has 0 fully saturated rings. The predicted octanol–water partition coefficient (Wildman–Crippen LogP) is 1.84. The molecule has 70 valence electrons. The Labute approximate surface area is 90.6 Å². The van der Waals surface area contributed by atoms with Gasteiger partial charge in [-0.3, -0.25) is 4.98 Å². The normalized spacial score (nSPS) is 10.0. The van der Waals surface area contributed by atoms with E-state index in [0.29, 0.717) is 10.00 Å². The van der Waals surface area contributed by atoms with Gasteiger partial charge in [-0.15, -0.1) is 11.3 Å². The molecule has 5 heteroatoms. The van der Waals surface area contributed by atoms with Crippen LogP contribution in [0.25, 0.3) is 11.4 Å². The first kappa shape index (κ1) is 9.23. The van der Waals surface area contributed by atoms with Crippen molar-refractivity contribution in [1.82, 2.24) is 9.97 Å². The van der Waals surface area contributed by atoms with Crippen LogP contribution in [0, 0.1) is 0 Å². The van der Waals surface area contributed by atoms with Gasteiger partial charge in [0.15, 0.2) is 5.01 Å². The smallest absolute Gasteiger partial charge is 0.151 e. The van der Waals surface area contributed by atoms with Crippen molar-refractivity contribution in [1.29, 1.82) is 0 Å². The molecule has 0 unspecified atom stereocenters. The zero-order valence-corrected chi connectivity index (χ0v) is 8.81. The van der Waals surface area contributed by atoms with E-state index < -0.39 is 0 Å². The Morgan fingerprint density at radius 1 is 1.36 bits per heavy atom. The second-order valence-electron chi connectivity index (χ2n) is 2.62. The minimum absolute atomic E-state index is 0.331. The van der Waals surface area contributed by atoms with E-state index in [9.17, 15) is 0 Å². The zero-order valence-electron chi connectivity index (χ0n) is 7.18. The van der Waals surface area contributed by atoms with E-state index in [2.05, 4.69) is 9.97 Å². The molecule has 3 nitrogen and oxygen atoms in total. The number of nitrogens with zero attached hydrogens (tertiary/aromatic N) is 2. The molecule has 0 amide bonds. The lowest BCUT2D eigenvalue weighted by molar-refractivity contribution is 1.27. The van der Waals surface area contributed by atoms with E-state index in [1.54, 1.807) is 6.20 Å². The molecule has 2 aromatic heterocycles. The molecular weight excluding hydrogens is 214 g/mol. The van der Waals surface area contributed by atoms with E-state index in [1.165, 1.54) is 11.3 Å². The third-order valence-electron chi connectivity index (χ3n) is 1.64. The van der Waals surface area contributed by atoms with Gasteiger partial charge < -0.3 is 5.73 Å². The molecule has 0 bridgehead atoms. The highest BCUT2D eigenvalue weighted by Gasteiger charge is 2.06. The van der Waals surface area contributed by atoms with E-state index in [0.717, 1.165) is 11.4 Å². The lowest BCUT2D eigenvalue weighted by Crippen LogP contribution is -2.08. The molecule has 0 aliphatic heterocycles. The molecular formula is C9H7N3S2. The summed E-state index contributed by atoms with van der Waals surface area (Å²) in [6, 6.07) is 5.69. The number of hydrogen-bond acceptors (Lipinski definition) is 4. The van der Waals surface area contributed by atoms with E-state index in [1.807, 2.05) is 23.6 Å². The third kappa shape index (κ3) is 1.78. The summed E-state index contributed by atoms with van der Waals surface area (Å²) in [5, 5.41) is 2.58. The molecule has 0 aliphatic carbocycles. The molecule has 14 heavy (non-hydrogen) atoms. The standard InChI is InChI=1S/C9H7N3S2/c10-8(13)9-12-7(5-14-9)6-3-1-2-4-11-6/h1-5H,(H2,10,13). The molecule has 2 N–H and O–H groups in total. The van der Waals surface area contributed by atoms with Crippen LogP contribution in [-0.4, -0.2) is 15.0 Å². The topological polar surface area (TPSA) is 51.8 Å². The van der Waals surface area contributed by atoms with Crippen LogP contribution >= 0.6 is 23.6 Å². The molecule has 0 saturated heterocycles. The first-order valence-electron chi connectivity index (χ1n) is 3.94. The molecule has 2 aromatic rings. The second-order valence-corrected chi connectivity index (χ2v) is 3.92. The molecule has 2 heterocycles. The quantitative estimate of drug-likeness (QED) is 0.786. The van der Waals surface area contributed by atoms with Gasteiger partial charge in [0.25, 0.3) is 0 Å². The number of aromatic nitrogens is 2. The van der Waals surface area contributed by atoms with E-state index >= 15 is 0 Å². The van der Waals surface area contributed by atoms with Crippen molar-refractivity contribution in [2.45, 2.75) is 0 Å². The van der Waals surface area contributed by atoms with Crippen LogP contribution in [0.5, 0.6) is 0 Å². The number of thiazole rings is 1. The average molecular weight is 221 g/mol. The lowest BCUT2D eigenvalue weighted by atomic mass is 10.3. The lowest BCUT2D eigenvalue weighted by Gasteiger charge is -1.92. The SMILES string of the molecule is NC(=S)c1nc(-c2ccccn2)cs1. The van der Waals surface area contributed by atoms with Gasteiger partial charge in [-0.05, 0) is 12.1 Å². The van der Waals surface area contributed by atoms with Crippen molar-refractivity contribution in [3.05, 3.63) is 34.8 Å². The fourth-order valence-electron chi connectivity index (χ4n) is 1.02. The summed E-state index contributed by atoms with van der Waals surface area (Å²) in [6.07, 6.45) is 1.73. The van der Waals surface area contributed by atoms with Gasteiger partial charge in [0.1, 0.15) is 10.7 Å². The highest BCUT2D eigenvalue weighted by atomic mass is 32.1. The number of thiocarbonyl (C=S) groups is 1. The summed E-state index contributed by atoms with van der Waals surface area (Å²) in [5.74, 6) is 0. The summed E-state index contributed by atoms with van der Waals surface area (Å²) in [7, 11) is 0. The molecule has 2 rings (SSSR count). The van der Waals surface area contributed by atoms with E-state index in [4.69, 9.17) is 18.0 Å². The van der Waals surface area contributed by atoms with Crippen LogP contribution in [0.15, 0.2) is 29.8 Å². The molecule has 0 aromatic carbocycles. The van der Waals surface area contributed by atoms with Crippen LogP contribution in [0.1, 0.15) is 5.01 Å². The van der Waals surface area contributed by atoms with E-state index in [-0.39, 0.29) is 0 Å². The van der Waals surface area contributed by atoms with Crippen molar-refractivity contribution in [2.75, 3.05) is 0 Å². The Morgan fingerprint density at radius 2 is 2.21 bits per heavy atom. The Morgan fingerprint density at radius 3 is 2.79 bits per heavy atom. The van der Waals surface area contributed by atoms with Crippen LogP contribution in [-0.2, 0) is 0 Å². The van der Waals surface area contributed by atoms with Crippen molar-refractivity contribution < 1.29 is 0 Å². The zero-order chi connectivity index (χ0) is 9.97. The molecule has 0 aliphatic rings. The minimum Gasteiger partial charge on any atom is -0.387 e. The van der Waals surface area contributed by atoms with Gasteiger partial charge >= 0.3 is 0 Å². The van der Waals surface area contributed by atoms with Crippen molar-refractivity contribution >= 4 is 28.5 Å². The third-order valence-corrected chi connectivity index (χ3v) is 2.84. The fourth-order valence-corrected chi connectivity index (χ4v) is 1.87. The number of nitrogens with two attached hydrogens (primary N) is 1. The summed E-state index contributed by atoms with van der Waals surface area (Å²) in [6.45, 7) is 0. The van der Waals surface area contributed by atoms with Crippen LogP contribution in [0.2, 0.25) is 0 Å².